The van der Waals surface area contributed by atoms with Gasteiger partial charge in [-0.2, -0.15) is 0 Å². The molecule has 2 rings (SSSR count). The summed E-state index contributed by atoms with van der Waals surface area (Å²) < 4.78 is 0. The lowest BCUT2D eigenvalue weighted by molar-refractivity contribution is 0.173. The van der Waals surface area contributed by atoms with Crippen LogP contribution in [0, 0.1) is 5.41 Å². The summed E-state index contributed by atoms with van der Waals surface area (Å²) in [5.74, 6) is 0. The van der Waals surface area contributed by atoms with Crippen molar-refractivity contribution in [2.24, 2.45) is 5.41 Å². The van der Waals surface area contributed by atoms with Crippen LogP contribution in [0.15, 0.2) is 30.3 Å². The van der Waals surface area contributed by atoms with Gasteiger partial charge in [-0.15, -0.1) is 0 Å². The molecule has 118 valence electrons. The van der Waals surface area contributed by atoms with E-state index in [9.17, 15) is 0 Å². The van der Waals surface area contributed by atoms with Gasteiger partial charge in [0.1, 0.15) is 0 Å². The van der Waals surface area contributed by atoms with E-state index in [0.29, 0.717) is 5.41 Å². The molecule has 1 aromatic rings. The van der Waals surface area contributed by atoms with E-state index in [0.717, 1.165) is 19.0 Å². The average Bonchev–Trinajstić information content (AvgIpc) is 3.29. The van der Waals surface area contributed by atoms with Gasteiger partial charge in [0.05, 0.1) is 0 Å². The second-order valence-corrected chi connectivity index (χ2v) is 7.19. The highest BCUT2D eigenvalue weighted by Gasteiger charge is 2.28. The second kappa shape index (κ2) is 7.95. The van der Waals surface area contributed by atoms with Crippen LogP contribution in [-0.2, 0) is 6.42 Å². The number of likely N-dealkylation sites (N-methyl/N-ethyl adjacent to an activating group) is 1. The Bertz CT molecular complexity index is 399. The van der Waals surface area contributed by atoms with E-state index in [1.165, 1.54) is 44.3 Å². The minimum absolute atomic E-state index is 0.406. The number of nitrogens with zero attached hydrogens (tertiary/aromatic N) is 1. The maximum absolute atomic E-state index is 3.73. The molecule has 0 aromatic heterocycles. The van der Waals surface area contributed by atoms with Gasteiger partial charge in [0.25, 0.3) is 0 Å². The first kappa shape index (κ1) is 16.5. The summed E-state index contributed by atoms with van der Waals surface area (Å²) in [5.41, 5.74) is 1.85. The van der Waals surface area contributed by atoms with Crippen LogP contribution in [0.25, 0.3) is 0 Å². The van der Waals surface area contributed by atoms with Gasteiger partial charge in [0.15, 0.2) is 0 Å². The summed E-state index contributed by atoms with van der Waals surface area (Å²) in [5, 5.41) is 3.73. The Labute approximate surface area is 130 Å². The Kier molecular flexibility index (Phi) is 6.25. The molecule has 0 bridgehead atoms. The Morgan fingerprint density at radius 1 is 1.24 bits per heavy atom. The zero-order valence-electron chi connectivity index (χ0n) is 14.1. The SMILES string of the molecule is CCCC(C)(CNC1CC1)CN(C)CCc1ccccc1. The fourth-order valence-corrected chi connectivity index (χ4v) is 3.20. The first-order valence-electron chi connectivity index (χ1n) is 8.57. The van der Waals surface area contributed by atoms with Crippen LogP contribution in [0.4, 0.5) is 0 Å². The van der Waals surface area contributed by atoms with Crippen molar-refractivity contribution in [1.29, 1.82) is 0 Å². The molecule has 2 nitrogen and oxygen atoms in total. The van der Waals surface area contributed by atoms with Crippen LogP contribution in [0.1, 0.15) is 45.1 Å². The molecule has 2 heteroatoms. The average molecular weight is 288 g/mol. The van der Waals surface area contributed by atoms with Gasteiger partial charge >= 0.3 is 0 Å². The second-order valence-electron chi connectivity index (χ2n) is 7.19. The zero-order valence-corrected chi connectivity index (χ0v) is 14.1. The van der Waals surface area contributed by atoms with E-state index in [1.54, 1.807) is 0 Å². The van der Waals surface area contributed by atoms with E-state index >= 15 is 0 Å². The van der Waals surface area contributed by atoms with Crippen LogP contribution in [0.2, 0.25) is 0 Å². The molecule has 0 spiro atoms. The van der Waals surface area contributed by atoms with Gasteiger partial charge in [-0.05, 0) is 43.7 Å². The molecule has 1 unspecified atom stereocenters. The van der Waals surface area contributed by atoms with Crippen molar-refractivity contribution < 1.29 is 0 Å². The van der Waals surface area contributed by atoms with Gasteiger partial charge in [-0.3, -0.25) is 0 Å². The Morgan fingerprint density at radius 3 is 2.57 bits per heavy atom. The van der Waals surface area contributed by atoms with Crippen molar-refractivity contribution in [2.45, 2.75) is 52.0 Å². The standard InChI is InChI=1S/C19H32N2/c1-4-13-19(2,15-20-18-10-11-18)16-21(3)14-12-17-8-6-5-7-9-17/h5-9,18,20H,4,10-16H2,1-3H3. The smallest absolute Gasteiger partial charge is 0.00684 e. The summed E-state index contributed by atoms with van der Waals surface area (Å²) in [6.45, 7) is 8.26. The van der Waals surface area contributed by atoms with Crippen molar-refractivity contribution in [1.82, 2.24) is 10.2 Å². The lowest BCUT2D eigenvalue weighted by atomic mass is 9.84. The molecule has 0 saturated heterocycles. The number of nitrogens with one attached hydrogen (secondary N) is 1. The van der Waals surface area contributed by atoms with Crippen molar-refractivity contribution in [3.8, 4) is 0 Å². The maximum atomic E-state index is 3.73. The van der Waals surface area contributed by atoms with Crippen molar-refractivity contribution >= 4 is 0 Å². The highest BCUT2D eigenvalue weighted by molar-refractivity contribution is 5.14. The molecule has 1 aromatic carbocycles. The molecular weight excluding hydrogens is 256 g/mol. The molecule has 21 heavy (non-hydrogen) atoms. The quantitative estimate of drug-likeness (QED) is 0.706. The third-order valence-corrected chi connectivity index (χ3v) is 4.53. The van der Waals surface area contributed by atoms with E-state index < -0.39 is 0 Å². The lowest BCUT2D eigenvalue weighted by Gasteiger charge is -2.34. The lowest BCUT2D eigenvalue weighted by Crippen LogP contribution is -2.42. The molecule has 1 atom stereocenters. The summed E-state index contributed by atoms with van der Waals surface area (Å²) in [4.78, 5) is 2.51. The number of rotatable bonds is 10. The van der Waals surface area contributed by atoms with Crippen LogP contribution in [-0.4, -0.2) is 37.6 Å². The molecule has 1 saturated carbocycles. The third-order valence-electron chi connectivity index (χ3n) is 4.53. The Balaban J connectivity index is 1.77. The molecule has 1 N–H and O–H groups in total. The molecule has 1 aliphatic rings. The van der Waals surface area contributed by atoms with E-state index in [1.807, 2.05) is 0 Å². The highest BCUT2D eigenvalue weighted by atomic mass is 15.1. The summed E-state index contributed by atoms with van der Waals surface area (Å²) in [6, 6.07) is 11.6. The predicted molar refractivity (Wildman–Crippen MR) is 91.7 cm³/mol. The topological polar surface area (TPSA) is 15.3 Å². The Hall–Kier alpha value is -0.860. The van der Waals surface area contributed by atoms with Crippen LogP contribution in [0.3, 0.4) is 0 Å². The van der Waals surface area contributed by atoms with E-state index in [2.05, 4.69) is 61.4 Å². The van der Waals surface area contributed by atoms with Gasteiger partial charge in [-0.25, -0.2) is 0 Å². The molecular formula is C19H32N2. The molecule has 1 aliphatic carbocycles. The number of hydrogen-bond donors (Lipinski definition) is 1. The van der Waals surface area contributed by atoms with E-state index in [4.69, 9.17) is 0 Å². The van der Waals surface area contributed by atoms with Gasteiger partial charge in [-0.1, -0.05) is 50.6 Å². The molecule has 0 amide bonds. The molecule has 0 aliphatic heterocycles. The minimum atomic E-state index is 0.406. The predicted octanol–water partition coefficient (Wildman–Crippen LogP) is 3.72. The van der Waals surface area contributed by atoms with Gasteiger partial charge in [0.2, 0.25) is 0 Å². The van der Waals surface area contributed by atoms with Crippen molar-refractivity contribution in [2.75, 3.05) is 26.7 Å². The summed E-state index contributed by atoms with van der Waals surface area (Å²) in [6.07, 6.45) is 6.49. The molecule has 1 fully saturated rings. The largest absolute Gasteiger partial charge is 0.313 e. The first-order valence-corrected chi connectivity index (χ1v) is 8.57. The fourth-order valence-electron chi connectivity index (χ4n) is 3.20. The van der Waals surface area contributed by atoms with Crippen LogP contribution >= 0.6 is 0 Å². The maximum Gasteiger partial charge on any atom is 0.00684 e. The molecule has 0 radical (unpaired) electrons. The normalized spacial score (nSPS) is 17.9. The Morgan fingerprint density at radius 2 is 1.95 bits per heavy atom. The number of hydrogen-bond acceptors (Lipinski definition) is 2. The molecule has 0 heterocycles. The van der Waals surface area contributed by atoms with Crippen LogP contribution in [0.5, 0.6) is 0 Å². The van der Waals surface area contributed by atoms with E-state index in [-0.39, 0.29) is 0 Å². The highest BCUT2D eigenvalue weighted by Crippen LogP contribution is 2.26. The van der Waals surface area contributed by atoms with Crippen molar-refractivity contribution in [3.63, 3.8) is 0 Å². The monoisotopic (exact) mass is 288 g/mol. The van der Waals surface area contributed by atoms with Gasteiger partial charge in [0, 0.05) is 25.7 Å². The minimum Gasteiger partial charge on any atom is -0.313 e. The third kappa shape index (κ3) is 6.19. The summed E-state index contributed by atoms with van der Waals surface area (Å²) >= 11 is 0. The van der Waals surface area contributed by atoms with Crippen LogP contribution < -0.4 is 5.32 Å². The zero-order chi connectivity index (χ0) is 15.1. The van der Waals surface area contributed by atoms with Crippen molar-refractivity contribution in [3.05, 3.63) is 35.9 Å². The number of benzene rings is 1. The summed E-state index contributed by atoms with van der Waals surface area (Å²) in [7, 11) is 2.27. The van der Waals surface area contributed by atoms with Gasteiger partial charge < -0.3 is 10.2 Å². The fraction of sp³-hybridized carbons (Fsp3) is 0.684. The first-order chi connectivity index (χ1) is 10.1.